The molecule has 1 saturated carbocycles. The third kappa shape index (κ3) is 5.06. The number of rotatable bonds is 7. The maximum Gasteiger partial charge on any atom is 0.242 e. The SMILES string of the molecule is CCOc1ccccc1CN1CCNC(=O)C1CC(=O)N1CCN(C2CCCC2)C(=O)C1. The molecule has 8 nitrogen and oxygen atoms in total. The van der Waals surface area contributed by atoms with Gasteiger partial charge in [0.15, 0.2) is 0 Å². The van der Waals surface area contributed by atoms with Crippen molar-refractivity contribution in [1.29, 1.82) is 0 Å². The van der Waals surface area contributed by atoms with Crippen molar-refractivity contribution < 1.29 is 19.1 Å². The van der Waals surface area contributed by atoms with Crippen molar-refractivity contribution >= 4 is 17.7 Å². The van der Waals surface area contributed by atoms with Crippen molar-refractivity contribution in [3.05, 3.63) is 29.8 Å². The number of carbonyl (C=O) groups is 3. The molecule has 1 aromatic carbocycles. The summed E-state index contributed by atoms with van der Waals surface area (Å²) in [5, 5.41) is 2.89. The van der Waals surface area contributed by atoms with Gasteiger partial charge in [-0.3, -0.25) is 19.3 Å². The first kappa shape index (κ1) is 22.6. The van der Waals surface area contributed by atoms with Crippen molar-refractivity contribution in [2.45, 2.75) is 57.7 Å². The summed E-state index contributed by atoms with van der Waals surface area (Å²) < 4.78 is 5.74. The molecule has 174 valence electrons. The molecule has 32 heavy (non-hydrogen) atoms. The fourth-order valence-electron chi connectivity index (χ4n) is 5.12. The van der Waals surface area contributed by atoms with E-state index in [0.29, 0.717) is 45.4 Å². The molecule has 2 aliphatic heterocycles. The first-order chi connectivity index (χ1) is 15.6. The van der Waals surface area contributed by atoms with Gasteiger partial charge in [-0.15, -0.1) is 0 Å². The molecule has 1 N–H and O–H groups in total. The lowest BCUT2D eigenvalue weighted by Crippen LogP contribution is -2.58. The van der Waals surface area contributed by atoms with Crippen LogP contribution in [0.4, 0.5) is 0 Å². The first-order valence-electron chi connectivity index (χ1n) is 11.9. The minimum absolute atomic E-state index is 0.0343. The van der Waals surface area contributed by atoms with Crippen LogP contribution in [0.2, 0.25) is 0 Å². The zero-order chi connectivity index (χ0) is 22.5. The average Bonchev–Trinajstić information content (AvgIpc) is 3.32. The summed E-state index contributed by atoms with van der Waals surface area (Å²) in [6.07, 6.45) is 4.58. The maximum absolute atomic E-state index is 13.1. The largest absolute Gasteiger partial charge is 0.494 e. The molecule has 2 saturated heterocycles. The molecule has 1 aromatic rings. The first-order valence-corrected chi connectivity index (χ1v) is 11.9. The third-order valence-electron chi connectivity index (χ3n) is 6.83. The second kappa shape index (κ2) is 10.3. The van der Waals surface area contributed by atoms with Crippen LogP contribution in [0.15, 0.2) is 24.3 Å². The molecule has 0 aromatic heterocycles. The number of hydrogen-bond donors (Lipinski definition) is 1. The molecule has 8 heteroatoms. The van der Waals surface area contributed by atoms with Crippen LogP contribution in [0.25, 0.3) is 0 Å². The van der Waals surface area contributed by atoms with Crippen molar-refractivity contribution in [2.75, 3.05) is 39.3 Å². The van der Waals surface area contributed by atoms with Gasteiger partial charge in [-0.05, 0) is 25.8 Å². The fraction of sp³-hybridized carbons (Fsp3) is 0.625. The van der Waals surface area contributed by atoms with Gasteiger partial charge < -0.3 is 19.9 Å². The Morgan fingerprint density at radius 2 is 1.91 bits per heavy atom. The van der Waals surface area contributed by atoms with Crippen LogP contribution in [-0.4, -0.2) is 83.8 Å². The number of amides is 3. The highest BCUT2D eigenvalue weighted by Crippen LogP contribution is 2.26. The molecule has 0 bridgehead atoms. The van der Waals surface area contributed by atoms with Crippen LogP contribution in [0.3, 0.4) is 0 Å². The number of nitrogens with one attached hydrogen (secondary N) is 1. The summed E-state index contributed by atoms with van der Waals surface area (Å²) in [5.74, 6) is 0.579. The number of nitrogens with zero attached hydrogens (tertiary/aromatic N) is 3. The van der Waals surface area contributed by atoms with Gasteiger partial charge in [-0.1, -0.05) is 31.0 Å². The molecule has 0 spiro atoms. The molecule has 1 unspecified atom stereocenters. The van der Waals surface area contributed by atoms with Crippen LogP contribution in [0.1, 0.15) is 44.6 Å². The zero-order valence-electron chi connectivity index (χ0n) is 18.9. The third-order valence-corrected chi connectivity index (χ3v) is 6.83. The van der Waals surface area contributed by atoms with Crippen molar-refractivity contribution in [3.63, 3.8) is 0 Å². The number of ether oxygens (including phenoxy) is 1. The number of carbonyl (C=O) groups excluding carboxylic acids is 3. The van der Waals surface area contributed by atoms with Gasteiger partial charge in [0.1, 0.15) is 5.75 Å². The smallest absolute Gasteiger partial charge is 0.242 e. The van der Waals surface area contributed by atoms with Gasteiger partial charge in [0.05, 0.1) is 25.6 Å². The van der Waals surface area contributed by atoms with Crippen LogP contribution in [0, 0.1) is 0 Å². The lowest BCUT2D eigenvalue weighted by molar-refractivity contribution is -0.148. The second-order valence-electron chi connectivity index (χ2n) is 8.86. The van der Waals surface area contributed by atoms with E-state index in [1.165, 1.54) is 12.8 Å². The van der Waals surface area contributed by atoms with Crippen molar-refractivity contribution in [1.82, 2.24) is 20.0 Å². The number of hydrogen-bond acceptors (Lipinski definition) is 5. The summed E-state index contributed by atoms with van der Waals surface area (Å²) in [7, 11) is 0. The minimum atomic E-state index is -0.547. The number of benzene rings is 1. The Kier molecular flexibility index (Phi) is 7.29. The Morgan fingerprint density at radius 3 is 2.66 bits per heavy atom. The molecule has 3 aliphatic rings. The highest BCUT2D eigenvalue weighted by atomic mass is 16.5. The molecular formula is C24H34N4O4. The summed E-state index contributed by atoms with van der Waals surface area (Å²) in [6, 6.07) is 7.60. The zero-order valence-corrected chi connectivity index (χ0v) is 18.9. The Hall–Kier alpha value is -2.61. The molecule has 4 rings (SSSR count). The normalized spacial score (nSPS) is 22.8. The van der Waals surface area contributed by atoms with Gasteiger partial charge in [-0.2, -0.15) is 0 Å². The summed E-state index contributed by atoms with van der Waals surface area (Å²) in [4.78, 5) is 44.1. The van der Waals surface area contributed by atoms with Gasteiger partial charge in [0, 0.05) is 44.3 Å². The van der Waals surface area contributed by atoms with Crippen LogP contribution >= 0.6 is 0 Å². The Balaban J connectivity index is 1.39. The average molecular weight is 443 g/mol. The van der Waals surface area contributed by atoms with Crippen molar-refractivity contribution in [2.24, 2.45) is 0 Å². The quantitative estimate of drug-likeness (QED) is 0.690. The molecule has 1 aliphatic carbocycles. The predicted octanol–water partition coefficient (Wildman–Crippen LogP) is 1.39. The summed E-state index contributed by atoms with van der Waals surface area (Å²) in [5.41, 5.74) is 1.00. The van der Waals surface area contributed by atoms with E-state index >= 15 is 0 Å². The Bertz CT molecular complexity index is 839. The van der Waals surface area contributed by atoms with Crippen molar-refractivity contribution in [3.8, 4) is 5.75 Å². The molecule has 3 amide bonds. The maximum atomic E-state index is 13.1. The standard InChI is InChI=1S/C24H34N4O4/c1-2-32-21-10-6-3-7-18(21)16-26-12-11-25-24(31)20(26)15-22(29)27-13-14-28(23(30)17-27)19-8-4-5-9-19/h3,6-7,10,19-20H,2,4-5,8-9,11-17H2,1H3,(H,25,31). The van der Waals surface area contributed by atoms with E-state index in [0.717, 1.165) is 24.2 Å². The molecule has 2 heterocycles. The monoisotopic (exact) mass is 442 g/mol. The van der Waals surface area contributed by atoms with Gasteiger partial charge in [-0.25, -0.2) is 0 Å². The van der Waals surface area contributed by atoms with Gasteiger partial charge in [0.25, 0.3) is 0 Å². The van der Waals surface area contributed by atoms with E-state index in [1.54, 1.807) is 4.90 Å². The van der Waals surface area contributed by atoms with E-state index in [2.05, 4.69) is 5.32 Å². The summed E-state index contributed by atoms with van der Waals surface area (Å²) in [6.45, 7) is 5.53. The minimum Gasteiger partial charge on any atom is -0.494 e. The molecule has 0 radical (unpaired) electrons. The fourth-order valence-corrected chi connectivity index (χ4v) is 5.12. The second-order valence-corrected chi connectivity index (χ2v) is 8.86. The van der Waals surface area contributed by atoms with Crippen LogP contribution < -0.4 is 10.1 Å². The van der Waals surface area contributed by atoms with E-state index in [9.17, 15) is 14.4 Å². The van der Waals surface area contributed by atoms with E-state index in [4.69, 9.17) is 4.74 Å². The lowest BCUT2D eigenvalue weighted by Gasteiger charge is -2.39. The lowest BCUT2D eigenvalue weighted by atomic mass is 10.0. The molecule has 3 fully saturated rings. The number of para-hydroxylation sites is 1. The van der Waals surface area contributed by atoms with E-state index in [1.807, 2.05) is 41.0 Å². The number of piperazine rings is 2. The molecular weight excluding hydrogens is 408 g/mol. The topological polar surface area (TPSA) is 82.2 Å². The highest BCUT2D eigenvalue weighted by molar-refractivity contribution is 5.91. The van der Waals surface area contributed by atoms with E-state index < -0.39 is 6.04 Å². The Morgan fingerprint density at radius 1 is 1.12 bits per heavy atom. The highest BCUT2D eigenvalue weighted by Gasteiger charge is 2.36. The summed E-state index contributed by atoms with van der Waals surface area (Å²) >= 11 is 0. The Labute approximate surface area is 189 Å². The van der Waals surface area contributed by atoms with Gasteiger partial charge in [0.2, 0.25) is 17.7 Å². The van der Waals surface area contributed by atoms with Crippen LogP contribution in [-0.2, 0) is 20.9 Å². The van der Waals surface area contributed by atoms with Crippen LogP contribution in [0.5, 0.6) is 5.75 Å². The van der Waals surface area contributed by atoms with E-state index in [-0.39, 0.29) is 30.7 Å². The van der Waals surface area contributed by atoms with Gasteiger partial charge >= 0.3 is 0 Å². The predicted molar refractivity (Wildman–Crippen MR) is 120 cm³/mol. The molecule has 1 atom stereocenters.